The molecule has 1 aliphatic carbocycles. The van der Waals surface area contributed by atoms with Crippen molar-refractivity contribution in [2.24, 2.45) is 17.3 Å². The van der Waals surface area contributed by atoms with E-state index in [2.05, 4.69) is 6.92 Å². The Labute approximate surface area is 86.7 Å². The third kappa shape index (κ3) is 2.28. The van der Waals surface area contributed by atoms with Crippen LogP contribution < -0.4 is 0 Å². The van der Waals surface area contributed by atoms with E-state index >= 15 is 0 Å². The van der Waals surface area contributed by atoms with Gasteiger partial charge in [0.25, 0.3) is 0 Å². The van der Waals surface area contributed by atoms with Crippen LogP contribution in [-0.4, -0.2) is 11.1 Å². The van der Waals surface area contributed by atoms with Gasteiger partial charge in [-0.05, 0) is 25.7 Å². The van der Waals surface area contributed by atoms with Gasteiger partial charge in [0.2, 0.25) is 0 Å². The first-order chi connectivity index (χ1) is 6.46. The molecular weight excluding hydrogens is 176 g/mol. The van der Waals surface area contributed by atoms with Crippen molar-refractivity contribution in [3.05, 3.63) is 0 Å². The van der Waals surface area contributed by atoms with E-state index in [0.29, 0.717) is 11.8 Å². The van der Waals surface area contributed by atoms with E-state index in [0.717, 1.165) is 0 Å². The van der Waals surface area contributed by atoms with Crippen molar-refractivity contribution in [3.8, 4) is 0 Å². The molecule has 82 valence electrons. The summed E-state index contributed by atoms with van der Waals surface area (Å²) in [5, 5.41) is 9.14. The van der Waals surface area contributed by atoms with Crippen LogP contribution in [0.1, 0.15) is 52.9 Å². The second kappa shape index (κ2) is 4.33. The number of carboxylic acid groups (broad SMARTS) is 1. The molecule has 1 unspecified atom stereocenters. The molecule has 2 nitrogen and oxygen atoms in total. The summed E-state index contributed by atoms with van der Waals surface area (Å²) in [5.41, 5.74) is -0.567. The van der Waals surface area contributed by atoms with Crippen molar-refractivity contribution in [3.63, 3.8) is 0 Å². The van der Waals surface area contributed by atoms with Crippen molar-refractivity contribution in [2.75, 3.05) is 0 Å². The Balaban J connectivity index is 2.62. The molecule has 0 spiro atoms. The van der Waals surface area contributed by atoms with E-state index in [1.807, 2.05) is 13.8 Å². The highest BCUT2D eigenvalue weighted by atomic mass is 16.4. The van der Waals surface area contributed by atoms with Crippen LogP contribution in [0.2, 0.25) is 0 Å². The van der Waals surface area contributed by atoms with Gasteiger partial charge >= 0.3 is 5.97 Å². The predicted molar refractivity (Wildman–Crippen MR) is 57.2 cm³/mol. The third-order valence-electron chi connectivity index (χ3n) is 4.05. The summed E-state index contributed by atoms with van der Waals surface area (Å²) >= 11 is 0. The highest BCUT2D eigenvalue weighted by Gasteiger charge is 2.38. The van der Waals surface area contributed by atoms with Crippen LogP contribution in [-0.2, 0) is 4.79 Å². The molecule has 1 aliphatic rings. The smallest absolute Gasteiger partial charge is 0.309 e. The number of rotatable bonds is 3. The van der Waals surface area contributed by atoms with E-state index in [9.17, 15) is 4.79 Å². The lowest BCUT2D eigenvalue weighted by atomic mass is 9.68. The second-order valence-electron chi connectivity index (χ2n) is 5.21. The monoisotopic (exact) mass is 198 g/mol. The second-order valence-corrected chi connectivity index (χ2v) is 5.21. The lowest BCUT2D eigenvalue weighted by molar-refractivity contribution is -0.151. The molecule has 1 rings (SSSR count). The molecule has 1 fully saturated rings. The average Bonchev–Trinajstić information content (AvgIpc) is 2.17. The van der Waals surface area contributed by atoms with Crippen molar-refractivity contribution in [1.82, 2.24) is 0 Å². The molecule has 1 N–H and O–H groups in total. The Morgan fingerprint density at radius 3 is 2.21 bits per heavy atom. The van der Waals surface area contributed by atoms with E-state index in [-0.39, 0.29) is 0 Å². The van der Waals surface area contributed by atoms with Crippen LogP contribution in [0.5, 0.6) is 0 Å². The zero-order valence-electron chi connectivity index (χ0n) is 9.55. The SMILES string of the molecule is CC(C1CCCCC1)C(C)(C)C(=O)O. The molecular formula is C12H22O2. The van der Waals surface area contributed by atoms with Gasteiger partial charge in [-0.15, -0.1) is 0 Å². The summed E-state index contributed by atoms with van der Waals surface area (Å²) in [7, 11) is 0. The van der Waals surface area contributed by atoms with Crippen LogP contribution in [0.15, 0.2) is 0 Å². The van der Waals surface area contributed by atoms with Crippen molar-refractivity contribution >= 4 is 5.97 Å². The first kappa shape index (κ1) is 11.5. The first-order valence-electron chi connectivity index (χ1n) is 5.69. The topological polar surface area (TPSA) is 37.3 Å². The van der Waals surface area contributed by atoms with E-state index in [1.165, 1.54) is 32.1 Å². The van der Waals surface area contributed by atoms with Gasteiger partial charge in [-0.25, -0.2) is 0 Å². The quantitative estimate of drug-likeness (QED) is 0.755. The molecule has 0 aliphatic heterocycles. The van der Waals surface area contributed by atoms with Gasteiger partial charge in [0.1, 0.15) is 0 Å². The summed E-state index contributed by atoms with van der Waals surface area (Å²) in [4.78, 5) is 11.1. The van der Waals surface area contributed by atoms with E-state index in [1.54, 1.807) is 0 Å². The molecule has 0 bridgehead atoms. The van der Waals surface area contributed by atoms with Crippen LogP contribution in [0.25, 0.3) is 0 Å². The summed E-state index contributed by atoms with van der Waals surface area (Å²) < 4.78 is 0. The zero-order valence-corrected chi connectivity index (χ0v) is 9.55. The molecule has 0 saturated heterocycles. The minimum absolute atomic E-state index is 0.292. The largest absolute Gasteiger partial charge is 0.481 e. The van der Waals surface area contributed by atoms with Gasteiger partial charge in [-0.1, -0.05) is 39.0 Å². The summed E-state index contributed by atoms with van der Waals surface area (Å²) in [6, 6.07) is 0. The molecule has 2 heteroatoms. The number of aliphatic carboxylic acids is 1. The van der Waals surface area contributed by atoms with Gasteiger partial charge in [0.05, 0.1) is 5.41 Å². The maximum atomic E-state index is 11.1. The molecule has 0 radical (unpaired) electrons. The lowest BCUT2D eigenvalue weighted by Gasteiger charge is -2.36. The Bertz CT molecular complexity index is 202. The molecule has 0 aromatic heterocycles. The molecule has 0 aromatic rings. The van der Waals surface area contributed by atoms with E-state index < -0.39 is 11.4 Å². The Kier molecular flexibility index (Phi) is 3.57. The minimum Gasteiger partial charge on any atom is -0.481 e. The number of carbonyl (C=O) groups is 1. The maximum absolute atomic E-state index is 11.1. The molecule has 1 atom stereocenters. The molecule has 0 amide bonds. The molecule has 0 aromatic carbocycles. The Hall–Kier alpha value is -0.530. The fraction of sp³-hybridized carbons (Fsp3) is 0.917. The van der Waals surface area contributed by atoms with Gasteiger partial charge in [0, 0.05) is 0 Å². The van der Waals surface area contributed by atoms with Crippen molar-refractivity contribution in [2.45, 2.75) is 52.9 Å². The predicted octanol–water partition coefficient (Wildman–Crippen LogP) is 3.31. The summed E-state index contributed by atoms with van der Waals surface area (Å²) in [6.45, 7) is 5.81. The van der Waals surface area contributed by atoms with Gasteiger partial charge < -0.3 is 5.11 Å². The maximum Gasteiger partial charge on any atom is 0.309 e. The van der Waals surface area contributed by atoms with Crippen LogP contribution >= 0.6 is 0 Å². The summed E-state index contributed by atoms with van der Waals surface area (Å²) in [5.74, 6) is 0.255. The standard InChI is InChI=1S/C12H22O2/c1-9(12(2,3)11(13)14)10-7-5-4-6-8-10/h9-10H,4-8H2,1-3H3,(H,13,14). The van der Waals surface area contributed by atoms with Gasteiger partial charge in [-0.3, -0.25) is 4.79 Å². The van der Waals surface area contributed by atoms with E-state index in [4.69, 9.17) is 5.11 Å². The van der Waals surface area contributed by atoms with Crippen molar-refractivity contribution in [1.29, 1.82) is 0 Å². The highest BCUT2D eigenvalue weighted by Crippen LogP contribution is 2.39. The van der Waals surface area contributed by atoms with Crippen molar-refractivity contribution < 1.29 is 9.90 Å². The summed E-state index contributed by atoms with van der Waals surface area (Å²) in [6.07, 6.45) is 6.34. The Morgan fingerprint density at radius 2 is 1.79 bits per heavy atom. The van der Waals surface area contributed by atoms with Crippen LogP contribution in [0.4, 0.5) is 0 Å². The molecule has 14 heavy (non-hydrogen) atoms. The fourth-order valence-corrected chi connectivity index (χ4v) is 2.42. The van der Waals surface area contributed by atoms with Gasteiger partial charge in [0.15, 0.2) is 0 Å². The zero-order chi connectivity index (χ0) is 10.8. The lowest BCUT2D eigenvalue weighted by Crippen LogP contribution is -2.36. The highest BCUT2D eigenvalue weighted by molar-refractivity contribution is 5.74. The van der Waals surface area contributed by atoms with Crippen LogP contribution in [0, 0.1) is 17.3 Å². The number of hydrogen-bond donors (Lipinski definition) is 1. The van der Waals surface area contributed by atoms with Crippen LogP contribution in [0.3, 0.4) is 0 Å². The average molecular weight is 198 g/mol. The first-order valence-corrected chi connectivity index (χ1v) is 5.69. The molecule has 0 heterocycles. The van der Waals surface area contributed by atoms with Gasteiger partial charge in [-0.2, -0.15) is 0 Å². The molecule has 1 saturated carbocycles. The number of carboxylic acids is 1. The Morgan fingerprint density at radius 1 is 1.29 bits per heavy atom. The fourth-order valence-electron chi connectivity index (χ4n) is 2.42. The normalized spacial score (nSPS) is 21.9. The number of hydrogen-bond acceptors (Lipinski definition) is 1. The minimum atomic E-state index is -0.657. The third-order valence-corrected chi connectivity index (χ3v) is 4.05.